The lowest BCUT2D eigenvalue weighted by Crippen LogP contribution is -2.39. The molecule has 0 saturated carbocycles. The lowest BCUT2D eigenvalue weighted by atomic mass is 9.92. The van der Waals surface area contributed by atoms with Gasteiger partial charge in [-0.05, 0) is 55.5 Å². The molecule has 1 aromatic carbocycles. The number of aromatic nitrogens is 3. The maximum absolute atomic E-state index is 12.8. The first kappa shape index (κ1) is 19.6. The van der Waals surface area contributed by atoms with Crippen molar-refractivity contribution in [3.05, 3.63) is 81.9 Å². The van der Waals surface area contributed by atoms with Gasteiger partial charge in [-0.3, -0.25) is 14.5 Å². The fraction of sp³-hybridized carbons (Fsp3) is 0.348. The van der Waals surface area contributed by atoms with E-state index in [0.29, 0.717) is 12.1 Å². The van der Waals surface area contributed by atoms with Crippen LogP contribution >= 0.6 is 11.6 Å². The number of carbonyl (C=O) groups is 1. The van der Waals surface area contributed by atoms with Crippen LogP contribution < -0.4 is 0 Å². The highest BCUT2D eigenvalue weighted by Crippen LogP contribution is 2.28. The Kier molecular flexibility index (Phi) is 5.67. The molecule has 3 heterocycles. The molecule has 0 unspecified atom stereocenters. The predicted octanol–water partition coefficient (Wildman–Crippen LogP) is 4.39. The van der Waals surface area contributed by atoms with Crippen molar-refractivity contribution in [3.63, 3.8) is 0 Å². The van der Waals surface area contributed by atoms with E-state index in [4.69, 9.17) is 16.6 Å². The first-order valence-electron chi connectivity index (χ1n) is 9.98. The Bertz CT molecular complexity index is 1030. The zero-order valence-corrected chi connectivity index (χ0v) is 17.6. The second-order valence-electron chi connectivity index (χ2n) is 7.80. The minimum Gasteiger partial charge on any atom is -0.338 e. The molecule has 0 N–H and O–H groups in total. The number of benzene rings is 1. The van der Waals surface area contributed by atoms with Crippen LogP contribution in [0.1, 0.15) is 51.6 Å². The number of pyridine rings is 1. The molecule has 1 saturated heterocycles. The smallest absolute Gasteiger partial charge is 0.257 e. The molecular formula is C23H25ClN4O. The van der Waals surface area contributed by atoms with Gasteiger partial charge in [-0.1, -0.05) is 29.8 Å². The highest BCUT2D eigenvalue weighted by Gasteiger charge is 2.27. The number of hydrogen-bond donors (Lipinski definition) is 0. The van der Waals surface area contributed by atoms with Crippen LogP contribution in [0.5, 0.6) is 0 Å². The number of piperidine rings is 1. The van der Waals surface area contributed by atoms with Crippen molar-refractivity contribution in [3.8, 4) is 0 Å². The number of carbonyl (C=O) groups excluding carboxylic acids is 1. The van der Waals surface area contributed by atoms with Crippen LogP contribution in [0, 0.1) is 6.92 Å². The standard InChI is InChI=1S/C23H25ClN4O/c1-16-10-17(11-18-6-3-4-8-21(18)24)12-22(26-16)19-7-5-9-28(15-19)23(29)20-13-25-27(2)14-20/h3-4,6,8,10,12-14,19H,5,7,9,11,15H2,1-2H3/t19-/m1/s1. The van der Waals surface area contributed by atoms with E-state index in [2.05, 4.69) is 23.3 Å². The monoisotopic (exact) mass is 408 g/mol. The molecule has 0 radical (unpaired) electrons. The van der Waals surface area contributed by atoms with Crippen LogP contribution in [-0.2, 0) is 13.5 Å². The summed E-state index contributed by atoms with van der Waals surface area (Å²) >= 11 is 6.35. The van der Waals surface area contributed by atoms with Crippen LogP contribution in [0.4, 0.5) is 0 Å². The quantitative estimate of drug-likeness (QED) is 0.643. The van der Waals surface area contributed by atoms with Crippen molar-refractivity contribution in [2.75, 3.05) is 13.1 Å². The topological polar surface area (TPSA) is 51.0 Å². The minimum absolute atomic E-state index is 0.0479. The number of hydrogen-bond acceptors (Lipinski definition) is 3. The predicted molar refractivity (Wildman–Crippen MR) is 114 cm³/mol. The molecule has 1 atom stereocenters. The van der Waals surface area contributed by atoms with Gasteiger partial charge in [-0.15, -0.1) is 0 Å². The molecule has 3 aromatic rings. The summed E-state index contributed by atoms with van der Waals surface area (Å²) in [5.41, 5.74) is 5.03. The van der Waals surface area contributed by atoms with Crippen molar-refractivity contribution >= 4 is 17.5 Å². The Morgan fingerprint density at radius 1 is 1.28 bits per heavy atom. The van der Waals surface area contributed by atoms with Crippen molar-refractivity contribution in [2.45, 2.75) is 32.1 Å². The zero-order chi connectivity index (χ0) is 20.4. The number of amides is 1. The number of rotatable bonds is 4. The molecule has 150 valence electrons. The van der Waals surface area contributed by atoms with E-state index in [0.717, 1.165) is 47.8 Å². The number of aryl methyl sites for hydroxylation is 2. The second-order valence-corrected chi connectivity index (χ2v) is 8.21. The third-order valence-electron chi connectivity index (χ3n) is 5.46. The summed E-state index contributed by atoms with van der Waals surface area (Å²) in [4.78, 5) is 19.6. The van der Waals surface area contributed by atoms with Crippen molar-refractivity contribution in [2.24, 2.45) is 7.05 Å². The first-order valence-corrected chi connectivity index (χ1v) is 10.4. The maximum Gasteiger partial charge on any atom is 0.257 e. The summed E-state index contributed by atoms with van der Waals surface area (Å²) in [6.07, 6.45) is 6.21. The molecular weight excluding hydrogens is 384 g/mol. The van der Waals surface area contributed by atoms with Gasteiger partial charge < -0.3 is 4.90 Å². The van der Waals surface area contributed by atoms with Crippen LogP contribution in [0.15, 0.2) is 48.8 Å². The lowest BCUT2D eigenvalue weighted by molar-refractivity contribution is 0.0706. The summed E-state index contributed by atoms with van der Waals surface area (Å²) in [6.45, 7) is 3.50. The highest BCUT2D eigenvalue weighted by molar-refractivity contribution is 6.31. The van der Waals surface area contributed by atoms with Crippen molar-refractivity contribution < 1.29 is 4.79 Å². The Morgan fingerprint density at radius 2 is 2.10 bits per heavy atom. The molecule has 1 amide bonds. The summed E-state index contributed by atoms with van der Waals surface area (Å²) < 4.78 is 1.66. The molecule has 29 heavy (non-hydrogen) atoms. The van der Waals surface area contributed by atoms with Crippen LogP contribution in [-0.4, -0.2) is 38.7 Å². The van der Waals surface area contributed by atoms with Crippen LogP contribution in [0.25, 0.3) is 0 Å². The lowest BCUT2D eigenvalue weighted by Gasteiger charge is -2.32. The minimum atomic E-state index is 0.0479. The Labute approximate surface area is 176 Å². The van der Waals surface area contributed by atoms with Crippen LogP contribution in [0.3, 0.4) is 0 Å². The van der Waals surface area contributed by atoms with E-state index in [1.807, 2.05) is 37.1 Å². The zero-order valence-electron chi connectivity index (χ0n) is 16.8. The third kappa shape index (κ3) is 4.51. The molecule has 0 aliphatic carbocycles. The molecule has 1 aliphatic rings. The molecule has 4 rings (SSSR count). The van der Waals surface area contributed by atoms with Crippen molar-refractivity contribution in [1.82, 2.24) is 19.7 Å². The van der Waals surface area contributed by atoms with Gasteiger partial charge in [0.1, 0.15) is 0 Å². The van der Waals surface area contributed by atoms with Gasteiger partial charge in [0.25, 0.3) is 5.91 Å². The molecule has 0 bridgehead atoms. The van der Waals surface area contributed by atoms with Crippen LogP contribution in [0.2, 0.25) is 5.02 Å². The Hall–Kier alpha value is -2.66. The summed E-state index contributed by atoms with van der Waals surface area (Å²) in [7, 11) is 1.83. The highest BCUT2D eigenvalue weighted by atomic mass is 35.5. The average molecular weight is 409 g/mol. The first-order chi connectivity index (χ1) is 14.0. The summed E-state index contributed by atoms with van der Waals surface area (Å²) in [6, 6.07) is 12.2. The molecule has 1 fully saturated rings. The molecule has 0 spiro atoms. The van der Waals surface area contributed by atoms with Gasteiger partial charge in [-0.25, -0.2) is 0 Å². The van der Waals surface area contributed by atoms with Crippen molar-refractivity contribution in [1.29, 1.82) is 0 Å². The molecule has 6 heteroatoms. The summed E-state index contributed by atoms with van der Waals surface area (Å²) in [5.74, 6) is 0.293. The van der Waals surface area contributed by atoms with Gasteiger partial charge in [0.05, 0.1) is 11.8 Å². The third-order valence-corrected chi connectivity index (χ3v) is 5.83. The summed E-state index contributed by atoms with van der Waals surface area (Å²) in [5, 5.41) is 4.91. The molecule has 5 nitrogen and oxygen atoms in total. The fourth-order valence-corrected chi connectivity index (χ4v) is 4.26. The van der Waals surface area contributed by atoms with E-state index in [1.54, 1.807) is 17.1 Å². The Balaban J connectivity index is 1.53. The molecule has 2 aromatic heterocycles. The van der Waals surface area contributed by atoms with E-state index in [-0.39, 0.29) is 11.8 Å². The largest absolute Gasteiger partial charge is 0.338 e. The number of likely N-dealkylation sites (tertiary alicyclic amines) is 1. The number of halogens is 1. The van der Waals surface area contributed by atoms with E-state index in [9.17, 15) is 4.79 Å². The van der Waals surface area contributed by atoms with Gasteiger partial charge in [-0.2, -0.15) is 5.10 Å². The average Bonchev–Trinajstić information content (AvgIpc) is 3.15. The van der Waals surface area contributed by atoms with Gasteiger partial charge in [0.2, 0.25) is 0 Å². The molecule has 1 aliphatic heterocycles. The van der Waals surface area contributed by atoms with Gasteiger partial charge in [0.15, 0.2) is 0 Å². The van der Waals surface area contributed by atoms with E-state index in [1.165, 1.54) is 5.56 Å². The maximum atomic E-state index is 12.8. The van der Waals surface area contributed by atoms with E-state index < -0.39 is 0 Å². The van der Waals surface area contributed by atoms with E-state index >= 15 is 0 Å². The fourth-order valence-electron chi connectivity index (χ4n) is 4.06. The SMILES string of the molecule is Cc1cc(Cc2ccccc2Cl)cc([C@@H]2CCCN(C(=O)c3cnn(C)c3)C2)n1. The number of nitrogens with zero attached hydrogens (tertiary/aromatic N) is 4. The van der Waals surface area contributed by atoms with Gasteiger partial charge >= 0.3 is 0 Å². The van der Waals surface area contributed by atoms with Gasteiger partial charge in [0, 0.05) is 48.7 Å². The second kappa shape index (κ2) is 8.37. The normalized spacial score (nSPS) is 16.8. The Morgan fingerprint density at radius 3 is 2.86 bits per heavy atom.